The molecule has 5 atom stereocenters. The molecule has 1 aromatic rings. The van der Waals surface area contributed by atoms with E-state index in [1.807, 2.05) is 0 Å². The monoisotopic (exact) mass is 488 g/mol. The molecule has 1 aliphatic heterocycles. The van der Waals surface area contributed by atoms with E-state index >= 15 is 0 Å². The van der Waals surface area contributed by atoms with Crippen LogP contribution in [-0.2, 0) is 22.7 Å². The Labute approximate surface area is 227 Å². The number of rotatable bonds is 6. The molecule has 0 amide bonds. The quantitative estimate of drug-likeness (QED) is 0.251. The van der Waals surface area contributed by atoms with Crippen LogP contribution in [0.25, 0.3) is 0 Å². The van der Waals surface area contributed by atoms with E-state index in [-0.39, 0.29) is 88.7 Å². The maximum atomic E-state index is 13.3. The SMILES string of the molecule is O=c1[nH]c(=O)n([C@@H]2O[C@H](COP(=O)([O-])OP(=O)([O-])[O-])C(O)[C@@H]2O)cc1F.[Na+].[Na+].[Na+]. The number of phosphoric ester groups is 1. The van der Waals surface area contributed by atoms with Crippen LogP contribution in [0.15, 0.2) is 15.8 Å². The second-order valence-corrected chi connectivity index (χ2v) is 7.66. The van der Waals surface area contributed by atoms with Gasteiger partial charge >= 0.3 is 94.4 Å². The molecular weight excluding hydrogens is 478 g/mol. The normalized spacial score (nSPS) is 25.9. The molecule has 1 aliphatic rings. The van der Waals surface area contributed by atoms with Gasteiger partial charge < -0.3 is 38.7 Å². The Kier molecular flexibility index (Phi) is 14.6. The fourth-order valence-electron chi connectivity index (χ4n) is 2.06. The number of H-pyrrole nitrogens is 1. The third-order valence-electron chi connectivity index (χ3n) is 3.13. The number of aromatic nitrogens is 2. The molecule has 2 heterocycles. The molecule has 0 saturated carbocycles. The van der Waals surface area contributed by atoms with Crippen LogP contribution >= 0.6 is 15.6 Å². The molecule has 20 heteroatoms. The van der Waals surface area contributed by atoms with E-state index in [1.54, 1.807) is 4.98 Å². The van der Waals surface area contributed by atoms with Crippen LogP contribution < -0.4 is 115 Å². The van der Waals surface area contributed by atoms with Crippen LogP contribution in [0.3, 0.4) is 0 Å². The van der Waals surface area contributed by atoms with Gasteiger partial charge in [-0.1, -0.05) is 0 Å². The molecule has 2 rings (SSSR count). The first kappa shape index (κ1) is 32.9. The van der Waals surface area contributed by atoms with Crippen LogP contribution in [0.1, 0.15) is 6.23 Å². The fraction of sp³-hybridized carbons (Fsp3) is 0.556. The number of aliphatic hydroxyl groups is 2. The molecule has 1 saturated heterocycles. The second kappa shape index (κ2) is 12.8. The molecule has 2 unspecified atom stereocenters. The van der Waals surface area contributed by atoms with Gasteiger partial charge in [-0.25, -0.2) is 4.79 Å². The van der Waals surface area contributed by atoms with Crippen LogP contribution in [0.2, 0.25) is 0 Å². The molecule has 29 heavy (non-hydrogen) atoms. The maximum absolute atomic E-state index is 13.3. The van der Waals surface area contributed by atoms with Crippen molar-refractivity contribution in [2.45, 2.75) is 24.5 Å². The van der Waals surface area contributed by atoms with Crippen molar-refractivity contribution >= 4 is 15.6 Å². The summed E-state index contributed by atoms with van der Waals surface area (Å²) in [5.74, 6) is -1.41. The van der Waals surface area contributed by atoms with E-state index in [0.717, 1.165) is 0 Å². The van der Waals surface area contributed by atoms with Gasteiger partial charge in [-0.05, 0) is 0 Å². The number of aromatic amines is 1. The van der Waals surface area contributed by atoms with Gasteiger partial charge in [-0.3, -0.25) is 23.2 Å². The summed E-state index contributed by atoms with van der Waals surface area (Å²) < 4.78 is 47.3. The molecule has 0 aliphatic carbocycles. The molecular formula is C9H10FN2Na3O12P2. The van der Waals surface area contributed by atoms with Crippen molar-refractivity contribution in [2.24, 2.45) is 0 Å². The summed E-state index contributed by atoms with van der Waals surface area (Å²) >= 11 is 0. The van der Waals surface area contributed by atoms with E-state index in [2.05, 4.69) is 8.83 Å². The zero-order chi connectivity index (χ0) is 19.9. The van der Waals surface area contributed by atoms with Gasteiger partial charge in [0.25, 0.3) is 13.4 Å². The molecule has 14 nitrogen and oxygen atoms in total. The van der Waals surface area contributed by atoms with E-state index in [9.17, 15) is 48.0 Å². The first-order valence-electron chi connectivity index (χ1n) is 6.52. The predicted molar refractivity (Wildman–Crippen MR) is 69.5 cm³/mol. The average Bonchev–Trinajstić information content (AvgIpc) is 2.75. The summed E-state index contributed by atoms with van der Waals surface area (Å²) in [7, 11) is -11.5. The molecule has 0 aromatic carbocycles. The summed E-state index contributed by atoms with van der Waals surface area (Å²) in [4.78, 5) is 55.9. The smallest absolute Gasteiger partial charge is 0.790 e. The summed E-state index contributed by atoms with van der Waals surface area (Å²) in [6.45, 7) is -1.11. The fourth-order valence-corrected chi connectivity index (χ4v) is 3.56. The van der Waals surface area contributed by atoms with Crippen molar-refractivity contribution in [1.29, 1.82) is 0 Å². The first-order chi connectivity index (χ1) is 11.8. The third-order valence-corrected chi connectivity index (χ3v) is 5.20. The van der Waals surface area contributed by atoms with Gasteiger partial charge in [-0.2, -0.15) is 4.39 Å². The summed E-state index contributed by atoms with van der Waals surface area (Å²) in [6.07, 6.45) is -6.76. The molecule has 148 valence electrons. The van der Waals surface area contributed by atoms with Gasteiger partial charge in [0.2, 0.25) is 5.82 Å². The zero-order valence-electron chi connectivity index (χ0n) is 15.3. The van der Waals surface area contributed by atoms with E-state index < -0.39 is 63.9 Å². The second-order valence-electron chi connectivity index (χ2n) is 4.96. The van der Waals surface area contributed by atoms with Gasteiger partial charge in [0.15, 0.2) is 6.23 Å². The molecule has 3 N–H and O–H groups in total. The third kappa shape index (κ3) is 9.26. The largest absolute Gasteiger partial charge is 1.00 e. The topological polar surface area (TPSA) is 226 Å². The van der Waals surface area contributed by atoms with E-state index in [0.29, 0.717) is 10.8 Å². The summed E-state index contributed by atoms with van der Waals surface area (Å²) in [6, 6.07) is 0. The van der Waals surface area contributed by atoms with Gasteiger partial charge in [0.1, 0.15) is 18.3 Å². The van der Waals surface area contributed by atoms with Crippen LogP contribution in [-0.4, -0.2) is 44.7 Å². The van der Waals surface area contributed by atoms with E-state index in [4.69, 9.17) is 4.74 Å². The number of ether oxygens (including phenoxy) is 1. The number of nitrogens with zero attached hydrogens (tertiary/aromatic N) is 1. The molecule has 0 radical (unpaired) electrons. The van der Waals surface area contributed by atoms with Crippen molar-refractivity contribution in [2.75, 3.05) is 6.61 Å². The molecule has 0 bridgehead atoms. The Morgan fingerprint density at radius 2 is 1.72 bits per heavy atom. The number of nitrogens with one attached hydrogen (secondary N) is 1. The Morgan fingerprint density at radius 1 is 1.17 bits per heavy atom. The van der Waals surface area contributed by atoms with Gasteiger partial charge in [0, 0.05) is 0 Å². The molecule has 0 spiro atoms. The van der Waals surface area contributed by atoms with Crippen molar-refractivity contribution in [3.05, 3.63) is 32.9 Å². The number of hydrogen-bond acceptors (Lipinski definition) is 12. The number of hydrogen-bond donors (Lipinski definition) is 3. The van der Waals surface area contributed by atoms with E-state index in [1.165, 1.54) is 0 Å². The minimum atomic E-state index is -5.93. The summed E-state index contributed by atoms with van der Waals surface area (Å²) in [5.41, 5.74) is -2.55. The van der Waals surface area contributed by atoms with Crippen molar-refractivity contribution in [3.8, 4) is 0 Å². The Bertz CT molecular complexity index is 892. The van der Waals surface area contributed by atoms with Crippen molar-refractivity contribution < 1.29 is 141 Å². The average molecular weight is 488 g/mol. The molecule has 1 aromatic heterocycles. The number of halogens is 1. The molecule has 1 fully saturated rings. The van der Waals surface area contributed by atoms with Crippen LogP contribution in [0.4, 0.5) is 4.39 Å². The number of phosphoric acid groups is 2. The Morgan fingerprint density at radius 3 is 2.24 bits per heavy atom. The van der Waals surface area contributed by atoms with Crippen LogP contribution in [0, 0.1) is 5.82 Å². The zero-order valence-corrected chi connectivity index (χ0v) is 23.1. The first-order valence-corrected chi connectivity index (χ1v) is 9.44. The van der Waals surface area contributed by atoms with Crippen molar-refractivity contribution in [1.82, 2.24) is 9.55 Å². The Hall–Kier alpha value is 1.75. The Balaban J connectivity index is 0. The maximum Gasteiger partial charge on any atom is 1.00 e. The minimum Gasteiger partial charge on any atom is -0.790 e. The number of aliphatic hydroxyl groups excluding tert-OH is 2. The summed E-state index contributed by atoms with van der Waals surface area (Å²) in [5, 5.41) is 19.6. The predicted octanol–water partition coefficient (Wildman–Crippen LogP) is -13.4. The van der Waals surface area contributed by atoms with Crippen LogP contribution in [0.5, 0.6) is 0 Å². The van der Waals surface area contributed by atoms with Crippen molar-refractivity contribution in [3.63, 3.8) is 0 Å². The minimum absolute atomic E-state index is 0. The standard InChI is InChI=1S/C9H13FN2O12P2.3Na/c10-3-1-12(9(16)11-7(3)15)8-6(14)5(13)4(23-8)2-22-26(20,21)24-25(17,18)19;;;/h1,4-6,8,13-14H,2H2,(H,20,21)(H,11,15,16)(H2,17,18,19);;;/q;3*+1/p-3/t4-,5?,6+,8-;;;/m1.../s1. The van der Waals surface area contributed by atoms with Gasteiger partial charge in [-0.15, -0.1) is 0 Å². The van der Waals surface area contributed by atoms with Gasteiger partial charge in [0.05, 0.1) is 20.6 Å².